The Balaban J connectivity index is 1.61. The maximum absolute atomic E-state index is 13.0. The second kappa shape index (κ2) is 6.13. The average Bonchev–Trinajstić information content (AvgIpc) is 2.95. The molecule has 0 radical (unpaired) electrons. The van der Waals surface area contributed by atoms with E-state index in [9.17, 15) is 13.2 Å². The highest BCUT2D eigenvalue weighted by Crippen LogP contribution is 2.35. The number of carbonyl (C=O) groups is 1. The van der Waals surface area contributed by atoms with Crippen LogP contribution in [0.2, 0.25) is 0 Å². The van der Waals surface area contributed by atoms with Crippen LogP contribution in [0.3, 0.4) is 0 Å². The number of nitrogens with zero attached hydrogens (tertiary/aromatic N) is 2. The van der Waals surface area contributed by atoms with Gasteiger partial charge in [-0.1, -0.05) is 24.3 Å². The van der Waals surface area contributed by atoms with Crippen LogP contribution in [-0.4, -0.2) is 38.1 Å². The van der Waals surface area contributed by atoms with Gasteiger partial charge in [0.1, 0.15) is 0 Å². The molecule has 5 nitrogen and oxygen atoms in total. The zero-order chi connectivity index (χ0) is 18.5. The van der Waals surface area contributed by atoms with Crippen molar-refractivity contribution in [3.05, 3.63) is 64.7 Å². The summed E-state index contributed by atoms with van der Waals surface area (Å²) < 4.78 is 25.5. The first-order valence-corrected chi connectivity index (χ1v) is 10.7. The lowest BCUT2D eigenvalue weighted by atomic mass is 9.99. The molecule has 2 heterocycles. The molecule has 0 saturated carbocycles. The fourth-order valence-electron chi connectivity index (χ4n) is 4.09. The molecule has 1 atom stereocenters. The fraction of sp³-hybridized carbons (Fsp3) is 0.350. The molecule has 2 aliphatic heterocycles. The van der Waals surface area contributed by atoms with E-state index in [1.807, 2.05) is 30.0 Å². The van der Waals surface area contributed by atoms with E-state index in [1.54, 1.807) is 12.1 Å². The van der Waals surface area contributed by atoms with Gasteiger partial charge in [-0.3, -0.25) is 9.10 Å². The van der Waals surface area contributed by atoms with Gasteiger partial charge in [-0.25, -0.2) is 8.42 Å². The zero-order valence-corrected chi connectivity index (χ0v) is 15.8. The molecule has 0 N–H and O–H groups in total. The summed E-state index contributed by atoms with van der Waals surface area (Å²) in [5.74, 6) is 0.00719. The smallest absolute Gasteiger partial charge is 0.254 e. The lowest BCUT2D eigenvalue weighted by molar-refractivity contribution is 0.0734. The molecule has 26 heavy (non-hydrogen) atoms. The van der Waals surface area contributed by atoms with Crippen molar-refractivity contribution in [1.82, 2.24) is 4.90 Å². The van der Waals surface area contributed by atoms with Gasteiger partial charge < -0.3 is 4.90 Å². The molecular formula is C20H22N2O3S. The second-order valence-corrected chi connectivity index (χ2v) is 9.06. The van der Waals surface area contributed by atoms with Crippen molar-refractivity contribution in [2.45, 2.75) is 32.4 Å². The molecule has 1 amide bonds. The number of hydrogen-bond acceptors (Lipinski definition) is 3. The minimum absolute atomic E-state index is 0.00719. The second-order valence-electron chi connectivity index (χ2n) is 7.20. The monoisotopic (exact) mass is 370 g/mol. The van der Waals surface area contributed by atoms with Crippen molar-refractivity contribution in [2.75, 3.05) is 17.1 Å². The predicted molar refractivity (Wildman–Crippen MR) is 102 cm³/mol. The first-order chi connectivity index (χ1) is 12.3. The molecule has 2 aliphatic rings. The van der Waals surface area contributed by atoms with E-state index in [0.717, 1.165) is 12.0 Å². The third-order valence-electron chi connectivity index (χ3n) is 5.25. The summed E-state index contributed by atoms with van der Waals surface area (Å²) in [6, 6.07) is 13.5. The first kappa shape index (κ1) is 17.1. The maximum atomic E-state index is 13.0. The zero-order valence-electron chi connectivity index (χ0n) is 15.0. The van der Waals surface area contributed by atoms with E-state index in [-0.39, 0.29) is 11.9 Å². The van der Waals surface area contributed by atoms with Crippen molar-refractivity contribution >= 4 is 21.6 Å². The van der Waals surface area contributed by atoms with Crippen molar-refractivity contribution in [3.8, 4) is 0 Å². The molecular weight excluding hydrogens is 348 g/mol. The lowest BCUT2D eigenvalue weighted by Crippen LogP contribution is -2.36. The number of rotatable bonds is 2. The van der Waals surface area contributed by atoms with Crippen molar-refractivity contribution < 1.29 is 13.2 Å². The van der Waals surface area contributed by atoms with Crippen LogP contribution in [0.15, 0.2) is 42.5 Å². The number of amides is 1. The van der Waals surface area contributed by atoms with E-state index >= 15 is 0 Å². The van der Waals surface area contributed by atoms with Gasteiger partial charge in [0.05, 0.1) is 11.9 Å². The standard InChI is InChI=1S/C20H22N2O3S/c1-14-11-18-12-16(7-8-19(18)22(14)26(2,24)25)20(23)21-10-9-15-5-3-4-6-17(15)13-21/h3-8,12,14H,9-11,13H2,1-2H3/t14-/m0/s1. The molecule has 2 aromatic carbocycles. The molecule has 2 aromatic rings. The summed E-state index contributed by atoms with van der Waals surface area (Å²) in [6.45, 7) is 3.22. The van der Waals surface area contributed by atoms with Gasteiger partial charge in [0.15, 0.2) is 0 Å². The van der Waals surface area contributed by atoms with Crippen LogP contribution >= 0.6 is 0 Å². The largest absolute Gasteiger partial charge is 0.334 e. The number of carbonyl (C=O) groups excluding carboxylic acids is 1. The molecule has 6 heteroatoms. The highest BCUT2D eigenvalue weighted by Gasteiger charge is 2.33. The summed E-state index contributed by atoms with van der Waals surface area (Å²) in [4.78, 5) is 14.8. The minimum Gasteiger partial charge on any atom is -0.334 e. The van der Waals surface area contributed by atoms with Crippen LogP contribution in [-0.2, 0) is 29.4 Å². The van der Waals surface area contributed by atoms with Crippen LogP contribution in [0.25, 0.3) is 0 Å². The van der Waals surface area contributed by atoms with E-state index in [1.165, 1.54) is 21.7 Å². The molecule has 0 spiro atoms. The van der Waals surface area contributed by atoms with Crippen LogP contribution in [0, 0.1) is 0 Å². The Morgan fingerprint density at radius 1 is 1.08 bits per heavy atom. The first-order valence-electron chi connectivity index (χ1n) is 8.83. The van der Waals surface area contributed by atoms with E-state index in [0.29, 0.717) is 30.8 Å². The Morgan fingerprint density at radius 3 is 2.54 bits per heavy atom. The van der Waals surface area contributed by atoms with E-state index in [4.69, 9.17) is 0 Å². The molecule has 0 fully saturated rings. The summed E-state index contributed by atoms with van der Waals surface area (Å²) >= 11 is 0. The highest BCUT2D eigenvalue weighted by molar-refractivity contribution is 7.92. The van der Waals surface area contributed by atoms with Gasteiger partial charge in [-0.05, 0) is 54.7 Å². The van der Waals surface area contributed by atoms with Crippen molar-refractivity contribution in [2.24, 2.45) is 0 Å². The predicted octanol–water partition coefficient (Wildman–Crippen LogP) is 2.60. The minimum atomic E-state index is -3.31. The SMILES string of the molecule is C[C@H]1Cc2cc(C(=O)N3CCc4ccccc4C3)ccc2N1S(C)(=O)=O. The summed E-state index contributed by atoms with van der Waals surface area (Å²) in [7, 11) is -3.31. The number of sulfonamides is 1. The average molecular weight is 370 g/mol. The Morgan fingerprint density at radius 2 is 1.81 bits per heavy atom. The molecule has 0 aromatic heterocycles. The molecule has 0 saturated heterocycles. The van der Waals surface area contributed by atoms with E-state index < -0.39 is 10.0 Å². The summed E-state index contributed by atoms with van der Waals surface area (Å²) in [5, 5.41) is 0. The van der Waals surface area contributed by atoms with Crippen LogP contribution in [0.5, 0.6) is 0 Å². The number of benzene rings is 2. The molecule has 0 aliphatic carbocycles. The van der Waals surface area contributed by atoms with Gasteiger partial charge in [0.25, 0.3) is 5.91 Å². The Hall–Kier alpha value is -2.34. The number of hydrogen-bond donors (Lipinski definition) is 0. The Bertz CT molecular complexity index is 984. The topological polar surface area (TPSA) is 57.7 Å². The molecule has 0 unspecified atom stereocenters. The Kier molecular flexibility index (Phi) is 4.03. The molecule has 136 valence electrons. The van der Waals surface area contributed by atoms with Gasteiger partial charge in [-0.15, -0.1) is 0 Å². The van der Waals surface area contributed by atoms with Crippen LogP contribution in [0.4, 0.5) is 5.69 Å². The van der Waals surface area contributed by atoms with Crippen LogP contribution in [0.1, 0.15) is 34.0 Å². The van der Waals surface area contributed by atoms with Crippen molar-refractivity contribution in [1.29, 1.82) is 0 Å². The number of fused-ring (bicyclic) bond motifs is 2. The van der Waals surface area contributed by atoms with Gasteiger partial charge in [0.2, 0.25) is 10.0 Å². The van der Waals surface area contributed by atoms with Crippen molar-refractivity contribution in [3.63, 3.8) is 0 Å². The van der Waals surface area contributed by atoms with E-state index in [2.05, 4.69) is 12.1 Å². The van der Waals surface area contributed by atoms with Gasteiger partial charge in [0, 0.05) is 24.7 Å². The van der Waals surface area contributed by atoms with Gasteiger partial charge in [-0.2, -0.15) is 0 Å². The lowest BCUT2D eigenvalue weighted by Gasteiger charge is -2.29. The summed E-state index contributed by atoms with van der Waals surface area (Å²) in [6.07, 6.45) is 2.72. The van der Waals surface area contributed by atoms with Crippen LogP contribution < -0.4 is 4.31 Å². The third kappa shape index (κ3) is 2.88. The molecule has 4 rings (SSSR count). The number of anilines is 1. The molecule has 0 bridgehead atoms. The highest BCUT2D eigenvalue weighted by atomic mass is 32.2. The fourth-order valence-corrected chi connectivity index (χ4v) is 5.36. The summed E-state index contributed by atoms with van der Waals surface area (Å²) in [5.41, 5.74) is 4.76. The quantitative estimate of drug-likeness (QED) is 0.816. The normalized spacial score (nSPS) is 19.2. The third-order valence-corrected chi connectivity index (χ3v) is 6.53. The Labute approximate surface area is 154 Å². The van der Waals surface area contributed by atoms with Gasteiger partial charge >= 0.3 is 0 Å². The maximum Gasteiger partial charge on any atom is 0.254 e.